The lowest BCUT2D eigenvalue weighted by molar-refractivity contribution is 0.112. The van der Waals surface area contributed by atoms with Gasteiger partial charge in [-0.05, 0) is 24.6 Å². The molecule has 0 spiro atoms. The second-order valence-corrected chi connectivity index (χ2v) is 8.17. The molecule has 1 atom stereocenters. The summed E-state index contributed by atoms with van der Waals surface area (Å²) in [6.45, 7) is 2.78. The second kappa shape index (κ2) is 17.5. The predicted octanol–water partition coefficient (Wildman–Crippen LogP) is 6.87. The highest BCUT2D eigenvalue weighted by Gasteiger charge is 2.09. The van der Waals surface area contributed by atoms with Crippen LogP contribution >= 0.6 is 0 Å². The molecule has 1 aromatic rings. The van der Waals surface area contributed by atoms with Crippen LogP contribution in [0.5, 0.6) is 11.5 Å². The average molecular weight is 427 g/mol. The Morgan fingerprint density at radius 2 is 1.34 bits per heavy atom. The molecule has 5 nitrogen and oxygen atoms in total. The van der Waals surface area contributed by atoms with Crippen LogP contribution in [0, 0.1) is 0 Å². The molecule has 6 heteroatoms. The molecule has 1 aromatic carbocycles. The van der Waals surface area contributed by atoms with Crippen molar-refractivity contribution >= 4 is 17.6 Å². The largest absolute Gasteiger partial charge is 0.490 e. The van der Waals surface area contributed by atoms with E-state index in [1.807, 2.05) is 0 Å². The molecule has 1 unspecified atom stereocenters. The van der Waals surface area contributed by atoms with E-state index >= 15 is 0 Å². The molecule has 29 heavy (non-hydrogen) atoms. The molecule has 0 aliphatic heterocycles. The molecular formula is C23H38O5S. The third-order valence-electron chi connectivity index (χ3n) is 5.02. The maximum absolute atomic E-state index is 10.9. The zero-order valence-corrected chi connectivity index (χ0v) is 18.7. The number of ether oxygens (including phenoxy) is 1. The summed E-state index contributed by atoms with van der Waals surface area (Å²) in [5.41, 5.74) is 0.370. The van der Waals surface area contributed by atoms with Gasteiger partial charge in [-0.2, -0.15) is 4.21 Å². The Bertz CT molecular complexity index is 576. The lowest BCUT2D eigenvalue weighted by atomic mass is 10.0. The minimum Gasteiger partial charge on any atom is -0.490 e. The number of unbranched alkanes of at least 4 members (excludes halogenated alkanes) is 13. The topological polar surface area (TPSA) is 72.8 Å². The van der Waals surface area contributed by atoms with Gasteiger partial charge in [0.05, 0.1) is 6.61 Å². The molecule has 0 heterocycles. The zero-order chi connectivity index (χ0) is 21.2. The standard InChI is InChI=1S/C23H38O5S/c1-2-3-4-5-6-7-8-9-10-11-12-13-14-15-18-27-22-17-16-21(20-24)19-23(22)28-29(25)26/h16-17,19-20H,2-15,18H2,1H3,(H,25,26). The summed E-state index contributed by atoms with van der Waals surface area (Å²) in [4.78, 5) is 10.8. The predicted molar refractivity (Wildman–Crippen MR) is 119 cm³/mol. The molecule has 0 saturated heterocycles. The summed E-state index contributed by atoms with van der Waals surface area (Å²) in [6, 6.07) is 4.60. The fourth-order valence-corrected chi connectivity index (χ4v) is 3.62. The van der Waals surface area contributed by atoms with Gasteiger partial charge in [-0.3, -0.25) is 9.35 Å². The van der Waals surface area contributed by atoms with E-state index in [4.69, 9.17) is 13.5 Å². The quantitative estimate of drug-likeness (QED) is 0.148. The normalized spacial score (nSPS) is 11.9. The molecule has 0 saturated carbocycles. The third kappa shape index (κ3) is 13.4. The van der Waals surface area contributed by atoms with Gasteiger partial charge in [0.1, 0.15) is 6.29 Å². The molecule has 0 radical (unpaired) electrons. The fraction of sp³-hybridized carbons (Fsp3) is 0.696. The van der Waals surface area contributed by atoms with E-state index in [-0.39, 0.29) is 5.75 Å². The number of rotatable bonds is 19. The van der Waals surface area contributed by atoms with Gasteiger partial charge in [0, 0.05) is 5.56 Å². The Hall–Kier alpha value is -1.40. The molecule has 0 aliphatic rings. The highest BCUT2D eigenvalue weighted by Crippen LogP contribution is 2.29. The van der Waals surface area contributed by atoms with Crippen molar-refractivity contribution in [1.82, 2.24) is 0 Å². The van der Waals surface area contributed by atoms with Crippen molar-refractivity contribution in [3.8, 4) is 11.5 Å². The van der Waals surface area contributed by atoms with E-state index in [1.54, 1.807) is 12.1 Å². The second-order valence-electron chi connectivity index (χ2n) is 7.57. The molecule has 0 aromatic heterocycles. The van der Waals surface area contributed by atoms with Crippen LogP contribution in [-0.2, 0) is 11.4 Å². The van der Waals surface area contributed by atoms with E-state index in [0.29, 0.717) is 24.2 Å². The summed E-state index contributed by atoms with van der Waals surface area (Å²) < 4.78 is 30.2. The van der Waals surface area contributed by atoms with Crippen molar-refractivity contribution < 1.29 is 22.5 Å². The lowest BCUT2D eigenvalue weighted by Crippen LogP contribution is -2.03. The number of carbonyl (C=O) groups is 1. The van der Waals surface area contributed by atoms with Gasteiger partial charge in [-0.25, -0.2) is 0 Å². The van der Waals surface area contributed by atoms with Crippen molar-refractivity contribution in [2.75, 3.05) is 6.61 Å². The first-order chi connectivity index (χ1) is 14.2. The average Bonchev–Trinajstić information content (AvgIpc) is 2.71. The van der Waals surface area contributed by atoms with Gasteiger partial charge in [-0.15, -0.1) is 0 Å². The molecule has 0 aliphatic carbocycles. The molecule has 1 rings (SSSR count). The molecule has 0 amide bonds. The van der Waals surface area contributed by atoms with Crippen LogP contribution in [0.4, 0.5) is 0 Å². The van der Waals surface area contributed by atoms with Crippen LogP contribution in [0.15, 0.2) is 18.2 Å². The Kier molecular flexibility index (Phi) is 15.4. The number of carbonyl (C=O) groups excluding carboxylic acids is 1. The maximum Gasteiger partial charge on any atom is 0.357 e. The van der Waals surface area contributed by atoms with Crippen LogP contribution < -0.4 is 8.92 Å². The van der Waals surface area contributed by atoms with Crippen molar-refractivity contribution in [2.24, 2.45) is 0 Å². The van der Waals surface area contributed by atoms with Crippen LogP contribution in [0.3, 0.4) is 0 Å². The first-order valence-electron chi connectivity index (χ1n) is 11.2. The number of aldehydes is 1. The molecule has 166 valence electrons. The van der Waals surface area contributed by atoms with E-state index in [1.165, 1.54) is 83.1 Å². The summed E-state index contributed by atoms with van der Waals surface area (Å²) in [5, 5.41) is 0. The van der Waals surface area contributed by atoms with Gasteiger partial charge in [-0.1, -0.05) is 90.4 Å². The zero-order valence-electron chi connectivity index (χ0n) is 17.9. The lowest BCUT2D eigenvalue weighted by Gasteiger charge is -2.10. The Balaban J connectivity index is 2.02. The SMILES string of the molecule is CCCCCCCCCCCCCCCCOc1ccc(C=O)cc1OS(=O)O. The minimum atomic E-state index is -2.45. The first kappa shape index (κ1) is 25.6. The van der Waals surface area contributed by atoms with Crippen LogP contribution in [0.2, 0.25) is 0 Å². The van der Waals surface area contributed by atoms with Crippen molar-refractivity contribution in [2.45, 2.75) is 96.8 Å². The van der Waals surface area contributed by atoms with E-state index < -0.39 is 11.4 Å². The van der Waals surface area contributed by atoms with Crippen LogP contribution in [-0.4, -0.2) is 21.7 Å². The maximum atomic E-state index is 10.9. The van der Waals surface area contributed by atoms with Crippen molar-refractivity contribution in [1.29, 1.82) is 0 Å². The molecular weight excluding hydrogens is 388 g/mol. The highest BCUT2D eigenvalue weighted by molar-refractivity contribution is 7.74. The van der Waals surface area contributed by atoms with Gasteiger partial charge in [0.15, 0.2) is 11.5 Å². The van der Waals surface area contributed by atoms with E-state index in [9.17, 15) is 9.00 Å². The Morgan fingerprint density at radius 3 is 1.83 bits per heavy atom. The first-order valence-corrected chi connectivity index (χ1v) is 12.2. The van der Waals surface area contributed by atoms with Crippen molar-refractivity contribution in [3.63, 3.8) is 0 Å². The van der Waals surface area contributed by atoms with Gasteiger partial charge < -0.3 is 8.92 Å². The third-order valence-corrected chi connectivity index (χ3v) is 5.34. The molecule has 0 bridgehead atoms. The van der Waals surface area contributed by atoms with Crippen LogP contribution in [0.25, 0.3) is 0 Å². The van der Waals surface area contributed by atoms with Crippen LogP contribution in [0.1, 0.15) is 107 Å². The number of hydrogen-bond acceptors (Lipinski definition) is 4. The molecule has 1 N–H and O–H groups in total. The number of benzene rings is 1. The summed E-state index contributed by atoms with van der Waals surface area (Å²) in [7, 11) is 0. The van der Waals surface area contributed by atoms with E-state index in [0.717, 1.165) is 12.8 Å². The summed E-state index contributed by atoms with van der Waals surface area (Å²) in [5.74, 6) is 0.494. The van der Waals surface area contributed by atoms with E-state index in [2.05, 4.69) is 6.92 Å². The molecule has 0 fully saturated rings. The van der Waals surface area contributed by atoms with Crippen molar-refractivity contribution in [3.05, 3.63) is 23.8 Å². The highest BCUT2D eigenvalue weighted by atomic mass is 32.2. The summed E-state index contributed by atoms with van der Waals surface area (Å²) in [6.07, 6.45) is 18.9. The van der Waals surface area contributed by atoms with Gasteiger partial charge in [0.25, 0.3) is 0 Å². The summed E-state index contributed by atoms with van der Waals surface area (Å²) >= 11 is -2.45. The Labute approximate surface area is 179 Å². The van der Waals surface area contributed by atoms with Gasteiger partial charge in [0.2, 0.25) is 0 Å². The fourth-order valence-electron chi connectivity index (χ4n) is 3.34. The number of hydrogen-bond donors (Lipinski definition) is 1. The smallest absolute Gasteiger partial charge is 0.357 e. The minimum absolute atomic E-state index is 0.112. The monoisotopic (exact) mass is 426 g/mol. The van der Waals surface area contributed by atoms with Gasteiger partial charge >= 0.3 is 11.4 Å². The Morgan fingerprint density at radius 1 is 0.828 bits per heavy atom.